The summed E-state index contributed by atoms with van der Waals surface area (Å²) < 4.78 is 0. The maximum atomic E-state index is 13.1. The Bertz CT molecular complexity index is 705. The smallest absolute Gasteiger partial charge is 0.143 e. The molecular formula is C22H27NOS. The molecule has 0 aromatic heterocycles. The van der Waals surface area contributed by atoms with Crippen LogP contribution in [0.1, 0.15) is 38.7 Å². The molecule has 0 bridgehead atoms. The summed E-state index contributed by atoms with van der Waals surface area (Å²) in [4.78, 5) is 18.0. The van der Waals surface area contributed by atoms with E-state index in [1.54, 1.807) is 11.8 Å². The molecule has 1 aliphatic heterocycles. The molecule has 2 aromatic rings. The molecule has 1 saturated heterocycles. The van der Waals surface area contributed by atoms with Crippen molar-refractivity contribution >= 4 is 17.5 Å². The van der Waals surface area contributed by atoms with Gasteiger partial charge in [0.15, 0.2) is 0 Å². The molecule has 0 saturated carbocycles. The minimum atomic E-state index is -0.321. The van der Waals surface area contributed by atoms with Crippen molar-refractivity contribution in [3.05, 3.63) is 60.2 Å². The molecule has 132 valence electrons. The zero-order valence-corrected chi connectivity index (χ0v) is 16.0. The van der Waals surface area contributed by atoms with Crippen LogP contribution in [0, 0.1) is 0 Å². The average molecular weight is 354 g/mol. The Kier molecular flexibility index (Phi) is 5.98. The molecule has 2 nitrogen and oxygen atoms in total. The van der Waals surface area contributed by atoms with Crippen molar-refractivity contribution in [3.8, 4) is 0 Å². The Morgan fingerprint density at radius 2 is 1.64 bits per heavy atom. The summed E-state index contributed by atoms with van der Waals surface area (Å²) in [6.07, 6.45) is 2.47. The number of benzene rings is 2. The molecule has 1 fully saturated rings. The normalized spacial score (nSPS) is 17.4. The highest BCUT2D eigenvalue weighted by Gasteiger charge is 2.42. The van der Waals surface area contributed by atoms with Gasteiger partial charge >= 0.3 is 0 Å². The third-order valence-corrected chi connectivity index (χ3v) is 6.47. The van der Waals surface area contributed by atoms with Gasteiger partial charge in [-0.05, 0) is 56.2 Å². The van der Waals surface area contributed by atoms with E-state index in [1.807, 2.05) is 13.0 Å². The number of carbonyl (C=O) groups is 1. The van der Waals surface area contributed by atoms with E-state index in [0.717, 1.165) is 32.5 Å². The summed E-state index contributed by atoms with van der Waals surface area (Å²) >= 11 is 1.78. The van der Waals surface area contributed by atoms with E-state index in [1.165, 1.54) is 15.4 Å². The molecule has 0 aliphatic carbocycles. The maximum Gasteiger partial charge on any atom is 0.143 e. The number of Topliss-reactive ketones (excluding diaryl/α,β-unsaturated/α-hetero) is 1. The fraction of sp³-hybridized carbons (Fsp3) is 0.409. The van der Waals surface area contributed by atoms with E-state index in [4.69, 9.17) is 0 Å². The standard InChI is InChI=1S/C22H27NOS/c1-3-21(24)22(14-16-23(4-2)17-15-22)19-12-8-9-13-20(19)25-18-10-6-5-7-11-18/h5-13H,3-4,14-17H2,1-2H3. The summed E-state index contributed by atoms with van der Waals surface area (Å²) in [6, 6.07) is 19.0. The van der Waals surface area contributed by atoms with Crippen LogP contribution in [0.5, 0.6) is 0 Å². The molecule has 2 aromatic carbocycles. The molecule has 0 spiro atoms. The van der Waals surface area contributed by atoms with Gasteiger partial charge in [0.25, 0.3) is 0 Å². The molecule has 3 rings (SSSR count). The molecule has 1 heterocycles. The van der Waals surface area contributed by atoms with Crippen molar-refractivity contribution in [2.24, 2.45) is 0 Å². The summed E-state index contributed by atoms with van der Waals surface area (Å²) in [5.74, 6) is 0.393. The number of likely N-dealkylation sites (tertiary alicyclic amines) is 1. The van der Waals surface area contributed by atoms with E-state index in [9.17, 15) is 4.79 Å². The minimum absolute atomic E-state index is 0.321. The van der Waals surface area contributed by atoms with E-state index >= 15 is 0 Å². The number of ketones is 1. The van der Waals surface area contributed by atoms with Crippen LogP contribution in [0.2, 0.25) is 0 Å². The van der Waals surface area contributed by atoms with Crippen LogP contribution in [0.3, 0.4) is 0 Å². The first-order valence-corrected chi connectivity index (χ1v) is 10.1. The van der Waals surface area contributed by atoms with Crippen molar-refractivity contribution in [2.75, 3.05) is 19.6 Å². The van der Waals surface area contributed by atoms with Gasteiger partial charge in [-0.15, -0.1) is 0 Å². The summed E-state index contributed by atoms with van der Waals surface area (Å²) in [5.41, 5.74) is 0.908. The molecule has 0 atom stereocenters. The Balaban J connectivity index is 1.98. The lowest BCUT2D eigenvalue weighted by molar-refractivity contribution is -0.126. The first kappa shape index (κ1) is 18.2. The topological polar surface area (TPSA) is 20.3 Å². The van der Waals surface area contributed by atoms with Crippen LogP contribution < -0.4 is 0 Å². The van der Waals surface area contributed by atoms with Crippen LogP contribution in [0.25, 0.3) is 0 Å². The van der Waals surface area contributed by atoms with Crippen LogP contribution >= 0.6 is 11.8 Å². The quantitative estimate of drug-likeness (QED) is 0.714. The molecule has 25 heavy (non-hydrogen) atoms. The van der Waals surface area contributed by atoms with Crippen LogP contribution in [0.4, 0.5) is 0 Å². The third kappa shape index (κ3) is 3.83. The van der Waals surface area contributed by atoms with Gasteiger partial charge in [0.05, 0.1) is 5.41 Å². The highest BCUT2D eigenvalue weighted by Crippen LogP contribution is 2.43. The predicted octanol–water partition coefficient (Wildman–Crippen LogP) is 5.17. The molecule has 0 amide bonds. The molecule has 0 radical (unpaired) electrons. The van der Waals surface area contributed by atoms with Gasteiger partial charge in [-0.25, -0.2) is 0 Å². The second-order valence-electron chi connectivity index (χ2n) is 6.70. The zero-order valence-electron chi connectivity index (χ0n) is 15.2. The van der Waals surface area contributed by atoms with E-state index in [0.29, 0.717) is 12.2 Å². The zero-order chi connectivity index (χ0) is 17.7. The minimum Gasteiger partial charge on any atom is -0.304 e. The monoisotopic (exact) mass is 353 g/mol. The van der Waals surface area contributed by atoms with Crippen LogP contribution in [0.15, 0.2) is 64.4 Å². The van der Waals surface area contributed by atoms with E-state index in [-0.39, 0.29) is 5.41 Å². The number of carbonyl (C=O) groups excluding carboxylic acids is 1. The second kappa shape index (κ2) is 8.20. The molecule has 1 aliphatic rings. The highest BCUT2D eigenvalue weighted by atomic mass is 32.2. The largest absolute Gasteiger partial charge is 0.304 e. The molecular weight excluding hydrogens is 326 g/mol. The molecule has 0 unspecified atom stereocenters. The lowest BCUT2D eigenvalue weighted by Crippen LogP contribution is -2.47. The number of hydrogen-bond donors (Lipinski definition) is 0. The number of piperidine rings is 1. The van der Waals surface area contributed by atoms with Gasteiger partial charge in [0, 0.05) is 16.2 Å². The van der Waals surface area contributed by atoms with Crippen molar-refractivity contribution < 1.29 is 4.79 Å². The van der Waals surface area contributed by atoms with E-state index < -0.39 is 0 Å². The fourth-order valence-electron chi connectivity index (χ4n) is 3.85. The van der Waals surface area contributed by atoms with Crippen LogP contribution in [-0.2, 0) is 10.2 Å². The summed E-state index contributed by atoms with van der Waals surface area (Å²) in [7, 11) is 0. The van der Waals surface area contributed by atoms with Crippen molar-refractivity contribution in [2.45, 2.75) is 48.3 Å². The SMILES string of the molecule is CCC(=O)C1(c2ccccc2Sc2ccccc2)CCN(CC)CC1. The number of nitrogens with zero attached hydrogens (tertiary/aromatic N) is 1. The fourth-order valence-corrected chi connectivity index (χ4v) is 4.92. The third-order valence-electron chi connectivity index (χ3n) is 5.39. The van der Waals surface area contributed by atoms with Crippen molar-refractivity contribution in [1.82, 2.24) is 4.90 Å². The highest BCUT2D eigenvalue weighted by molar-refractivity contribution is 7.99. The van der Waals surface area contributed by atoms with Gasteiger partial charge in [-0.3, -0.25) is 4.79 Å². The first-order chi connectivity index (χ1) is 12.2. The predicted molar refractivity (Wildman–Crippen MR) is 105 cm³/mol. The Morgan fingerprint density at radius 1 is 1.00 bits per heavy atom. The molecule has 0 N–H and O–H groups in total. The van der Waals surface area contributed by atoms with Gasteiger partial charge < -0.3 is 4.90 Å². The van der Waals surface area contributed by atoms with Gasteiger partial charge in [0.1, 0.15) is 5.78 Å². The lowest BCUT2D eigenvalue weighted by Gasteiger charge is -2.41. The van der Waals surface area contributed by atoms with Crippen LogP contribution in [-0.4, -0.2) is 30.3 Å². The number of hydrogen-bond acceptors (Lipinski definition) is 3. The lowest BCUT2D eigenvalue weighted by atomic mass is 9.69. The maximum absolute atomic E-state index is 13.1. The Labute approximate surface area is 155 Å². The van der Waals surface area contributed by atoms with Gasteiger partial charge in [-0.1, -0.05) is 62.0 Å². The Hall–Kier alpha value is -1.58. The summed E-state index contributed by atoms with van der Waals surface area (Å²) in [5, 5.41) is 0. The van der Waals surface area contributed by atoms with Gasteiger partial charge in [-0.2, -0.15) is 0 Å². The van der Waals surface area contributed by atoms with Crippen molar-refractivity contribution in [3.63, 3.8) is 0 Å². The number of rotatable bonds is 6. The first-order valence-electron chi connectivity index (χ1n) is 9.27. The van der Waals surface area contributed by atoms with E-state index in [2.05, 4.69) is 60.4 Å². The van der Waals surface area contributed by atoms with Gasteiger partial charge in [0.2, 0.25) is 0 Å². The average Bonchev–Trinajstić information content (AvgIpc) is 2.68. The molecule has 3 heteroatoms. The second-order valence-corrected chi connectivity index (χ2v) is 7.82. The van der Waals surface area contributed by atoms with Crippen molar-refractivity contribution in [1.29, 1.82) is 0 Å². The Morgan fingerprint density at radius 3 is 2.28 bits per heavy atom. The summed E-state index contributed by atoms with van der Waals surface area (Å²) in [6.45, 7) is 7.28.